The number of nitrogens with zero attached hydrogens (tertiary/aromatic N) is 5. The molecule has 1 fully saturated rings. The van der Waals surface area contributed by atoms with E-state index in [2.05, 4.69) is 22.4 Å². The molecule has 2 aromatic heterocycles. The van der Waals surface area contributed by atoms with E-state index in [1.54, 1.807) is 24.3 Å². The Morgan fingerprint density at radius 2 is 1.73 bits per heavy atom. The second-order valence-electron chi connectivity index (χ2n) is 11.7. The Kier molecular flexibility index (Phi) is 13.2. The molecule has 1 saturated heterocycles. The molecule has 0 radical (unpaired) electrons. The molecule has 4 aromatic rings. The van der Waals surface area contributed by atoms with E-state index in [1.807, 2.05) is 29.6 Å². The van der Waals surface area contributed by atoms with Crippen molar-refractivity contribution in [3.63, 3.8) is 0 Å². The molecule has 15 heteroatoms. The van der Waals surface area contributed by atoms with E-state index < -0.39 is 24.0 Å². The predicted molar refractivity (Wildman–Crippen MR) is 198 cm³/mol. The van der Waals surface area contributed by atoms with Gasteiger partial charge in [0.2, 0.25) is 5.91 Å². The van der Waals surface area contributed by atoms with Crippen molar-refractivity contribution in [1.29, 1.82) is 10.5 Å². The standard InChI is InChI=1S/C36H37ClN8O4S2/c1-22(42-33(46)30(41)12-13-38)36(47)49-17-16-48-27-10-6-23(7-11-27)31-28(18-39)32(45-14-2-3-15-45)44-35(29(31)19-40)51-21-26-20-50-34(43-26)24-4-8-25(37)9-5-24/h4-11,20,22,30H,2-3,12-17,21,38,41H2,1H3,(H,42,46). The number of amides is 1. The van der Waals surface area contributed by atoms with Crippen LogP contribution >= 0.6 is 34.7 Å². The van der Waals surface area contributed by atoms with E-state index in [9.17, 15) is 20.1 Å². The van der Waals surface area contributed by atoms with E-state index in [4.69, 9.17) is 42.5 Å². The van der Waals surface area contributed by atoms with Crippen molar-refractivity contribution in [2.24, 2.45) is 11.5 Å². The highest BCUT2D eigenvalue weighted by Crippen LogP contribution is 2.40. The summed E-state index contributed by atoms with van der Waals surface area (Å²) in [5.74, 6) is 0.467. The third kappa shape index (κ3) is 9.55. The van der Waals surface area contributed by atoms with E-state index in [0.29, 0.717) is 56.0 Å². The minimum atomic E-state index is -0.883. The average molecular weight is 745 g/mol. The molecule has 1 amide bonds. The Balaban J connectivity index is 1.30. The number of nitrogens with one attached hydrogen (secondary N) is 1. The first-order valence-electron chi connectivity index (χ1n) is 16.3. The Hall–Kier alpha value is -4.70. The maximum atomic E-state index is 12.3. The first kappa shape index (κ1) is 37.6. The summed E-state index contributed by atoms with van der Waals surface area (Å²) in [5, 5.41) is 27.4. The number of nitriles is 2. The van der Waals surface area contributed by atoms with E-state index in [-0.39, 0.29) is 19.8 Å². The van der Waals surface area contributed by atoms with Gasteiger partial charge in [-0.15, -0.1) is 11.3 Å². The molecule has 3 heterocycles. The van der Waals surface area contributed by atoms with E-state index in [0.717, 1.165) is 42.2 Å². The second-order valence-corrected chi connectivity index (χ2v) is 13.9. The number of thioether (sulfide) groups is 1. The minimum Gasteiger partial charge on any atom is -0.490 e. The molecule has 5 rings (SSSR count). The van der Waals surface area contributed by atoms with Crippen LogP contribution in [0.25, 0.3) is 21.7 Å². The lowest BCUT2D eigenvalue weighted by molar-refractivity contribution is -0.148. The Bertz CT molecular complexity index is 1920. The molecule has 264 valence electrons. The molecule has 0 aliphatic carbocycles. The number of hydrogen-bond acceptors (Lipinski definition) is 13. The number of esters is 1. The number of halogens is 1. The molecule has 5 N–H and O–H groups in total. The van der Waals surface area contributed by atoms with Crippen molar-refractivity contribution >= 4 is 52.4 Å². The van der Waals surface area contributed by atoms with Crippen LogP contribution in [0.3, 0.4) is 0 Å². The summed E-state index contributed by atoms with van der Waals surface area (Å²) in [4.78, 5) is 36.2. The molecule has 12 nitrogen and oxygen atoms in total. The summed E-state index contributed by atoms with van der Waals surface area (Å²) in [5.41, 5.74) is 14.8. The maximum absolute atomic E-state index is 12.3. The van der Waals surface area contributed by atoms with Gasteiger partial charge in [-0.1, -0.05) is 47.6 Å². The first-order valence-corrected chi connectivity index (χ1v) is 18.6. The van der Waals surface area contributed by atoms with Crippen LogP contribution in [-0.2, 0) is 20.1 Å². The molecule has 2 atom stereocenters. The zero-order valence-corrected chi connectivity index (χ0v) is 30.3. The summed E-state index contributed by atoms with van der Waals surface area (Å²) >= 11 is 9.00. The van der Waals surface area contributed by atoms with Crippen molar-refractivity contribution in [2.45, 2.75) is 49.0 Å². The third-order valence-electron chi connectivity index (χ3n) is 8.04. The van der Waals surface area contributed by atoms with Crippen molar-refractivity contribution < 1.29 is 19.1 Å². The number of thiazole rings is 1. The largest absolute Gasteiger partial charge is 0.490 e. The number of ether oxygens (including phenoxy) is 2. The molecule has 0 spiro atoms. The second kappa shape index (κ2) is 18.0. The minimum absolute atomic E-state index is 0.0445. The Labute approximate surface area is 309 Å². The fourth-order valence-electron chi connectivity index (χ4n) is 5.39. The van der Waals surface area contributed by atoms with Gasteiger partial charge in [0.25, 0.3) is 0 Å². The summed E-state index contributed by atoms with van der Waals surface area (Å²) in [6, 6.07) is 17.6. The van der Waals surface area contributed by atoms with Gasteiger partial charge in [0, 0.05) is 40.4 Å². The van der Waals surface area contributed by atoms with Gasteiger partial charge in [-0.3, -0.25) is 4.79 Å². The highest BCUT2D eigenvalue weighted by molar-refractivity contribution is 7.98. The van der Waals surface area contributed by atoms with Gasteiger partial charge >= 0.3 is 5.97 Å². The SMILES string of the molecule is CC(NC(=O)C(N)CCN)C(=O)OCCOc1ccc(-c2c(C#N)c(SCc3csc(-c4ccc(Cl)cc4)n3)nc(N3CCCC3)c2C#N)cc1. The lowest BCUT2D eigenvalue weighted by Crippen LogP contribution is -2.48. The normalized spacial score (nSPS) is 13.6. The fraction of sp³-hybridized carbons (Fsp3) is 0.333. The van der Waals surface area contributed by atoms with E-state index >= 15 is 0 Å². The van der Waals surface area contributed by atoms with Gasteiger partial charge in [0.05, 0.1) is 17.3 Å². The van der Waals surface area contributed by atoms with Crippen molar-refractivity contribution in [2.75, 3.05) is 37.7 Å². The van der Waals surface area contributed by atoms with Gasteiger partial charge in [0.15, 0.2) is 0 Å². The van der Waals surface area contributed by atoms with Crippen molar-refractivity contribution in [3.05, 3.63) is 75.8 Å². The monoisotopic (exact) mass is 744 g/mol. The Morgan fingerprint density at radius 1 is 1.04 bits per heavy atom. The number of benzene rings is 2. The highest BCUT2D eigenvalue weighted by atomic mass is 35.5. The number of anilines is 1. The Morgan fingerprint density at radius 3 is 2.39 bits per heavy atom. The quantitative estimate of drug-likeness (QED) is 0.0813. The third-order valence-corrected chi connectivity index (χ3v) is 10.2. The number of hydrogen-bond donors (Lipinski definition) is 3. The van der Waals surface area contributed by atoms with Crippen LogP contribution in [0.4, 0.5) is 5.82 Å². The van der Waals surface area contributed by atoms with Crippen LogP contribution in [-0.4, -0.2) is 66.8 Å². The van der Waals surface area contributed by atoms with Crippen LogP contribution in [0.15, 0.2) is 58.9 Å². The number of aromatic nitrogens is 2. The van der Waals surface area contributed by atoms with Crippen LogP contribution in [0.1, 0.15) is 43.0 Å². The molecule has 2 unspecified atom stereocenters. The van der Waals surface area contributed by atoms with E-state index in [1.165, 1.54) is 30.0 Å². The molecule has 2 aromatic carbocycles. The molecular formula is C36H37ClN8O4S2. The number of carbonyl (C=O) groups is 2. The highest BCUT2D eigenvalue weighted by Gasteiger charge is 2.27. The molecule has 0 saturated carbocycles. The lowest BCUT2D eigenvalue weighted by Gasteiger charge is -2.22. The van der Waals surface area contributed by atoms with Crippen LogP contribution in [0, 0.1) is 22.7 Å². The molecule has 1 aliphatic rings. The zero-order chi connectivity index (χ0) is 36.3. The van der Waals surface area contributed by atoms with Crippen LogP contribution in [0.2, 0.25) is 5.02 Å². The molecular weight excluding hydrogens is 708 g/mol. The average Bonchev–Trinajstić information content (AvgIpc) is 3.86. The topological polar surface area (TPSA) is 193 Å². The first-order chi connectivity index (χ1) is 24.7. The summed E-state index contributed by atoms with van der Waals surface area (Å²) in [6.07, 6.45) is 2.29. The molecule has 51 heavy (non-hydrogen) atoms. The van der Waals surface area contributed by atoms with Crippen molar-refractivity contribution in [1.82, 2.24) is 15.3 Å². The smallest absolute Gasteiger partial charge is 0.328 e. The fourth-order valence-corrected chi connectivity index (χ4v) is 7.32. The van der Waals surface area contributed by atoms with Gasteiger partial charge in [0.1, 0.15) is 58.6 Å². The maximum Gasteiger partial charge on any atom is 0.328 e. The number of pyridine rings is 1. The van der Waals surface area contributed by atoms with Gasteiger partial charge in [-0.05, 0) is 62.6 Å². The van der Waals surface area contributed by atoms with Crippen molar-refractivity contribution in [3.8, 4) is 39.6 Å². The summed E-state index contributed by atoms with van der Waals surface area (Å²) < 4.78 is 11.0. The van der Waals surface area contributed by atoms with Gasteiger partial charge < -0.3 is 31.2 Å². The lowest BCUT2D eigenvalue weighted by atomic mass is 9.96. The van der Waals surface area contributed by atoms with Gasteiger partial charge in [-0.25, -0.2) is 14.8 Å². The van der Waals surface area contributed by atoms with Gasteiger partial charge in [-0.2, -0.15) is 10.5 Å². The number of nitrogens with two attached hydrogens (primary N) is 2. The van der Waals surface area contributed by atoms with Crippen LogP contribution in [0.5, 0.6) is 5.75 Å². The summed E-state index contributed by atoms with van der Waals surface area (Å²) in [6.45, 7) is 3.34. The summed E-state index contributed by atoms with van der Waals surface area (Å²) in [7, 11) is 0. The predicted octanol–water partition coefficient (Wildman–Crippen LogP) is 5.26. The van der Waals surface area contributed by atoms with Crippen LogP contribution < -0.4 is 26.4 Å². The number of carbonyl (C=O) groups excluding carboxylic acids is 2. The molecule has 0 bridgehead atoms. The zero-order valence-electron chi connectivity index (χ0n) is 27.9. The number of rotatable bonds is 15. The molecule has 1 aliphatic heterocycles.